The van der Waals surface area contributed by atoms with E-state index in [1.807, 2.05) is 37.3 Å². The van der Waals surface area contributed by atoms with Crippen LogP contribution in [-0.4, -0.2) is 40.3 Å². The van der Waals surface area contributed by atoms with E-state index in [1.165, 1.54) is 0 Å². The van der Waals surface area contributed by atoms with Crippen LogP contribution in [0.3, 0.4) is 0 Å². The Bertz CT molecular complexity index is 989. The Balaban J connectivity index is 1.67. The zero-order valence-corrected chi connectivity index (χ0v) is 16.8. The first-order chi connectivity index (χ1) is 14.5. The number of H-pyrrole nitrogens is 1. The Hall–Kier alpha value is -3.88. The molecule has 9 nitrogen and oxygen atoms in total. The number of benzene rings is 2. The predicted molar refractivity (Wildman–Crippen MR) is 112 cm³/mol. The van der Waals surface area contributed by atoms with Crippen molar-refractivity contribution in [2.75, 3.05) is 18.5 Å². The van der Waals surface area contributed by atoms with Gasteiger partial charge in [-0.25, -0.2) is 9.78 Å². The maximum absolute atomic E-state index is 12.6. The van der Waals surface area contributed by atoms with Crippen LogP contribution in [0, 0.1) is 6.92 Å². The third-order valence-electron chi connectivity index (χ3n) is 4.12. The summed E-state index contributed by atoms with van der Waals surface area (Å²) in [6, 6.07) is 15.3. The van der Waals surface area contributed by atoms with E-state index in [1.54, 1.807) is 31.2 Å². The van der Waals surface area contributed by atoms with Gasteiger partial charge in [-0.3, -0.25) is 9.89 Å². The van der Waals surface area contributed by atoms with Crippen molar-refractivity contribution in [1.82, 2.24) is 25.8 Å². The van der Waals surface area contributed by atoms with Crippen LogP contribution >= 0.6 is 0 Å². The quantitative estimate of drug-likeness (QED) is 0.456. The van der Waals surface area contributed by atoms with Crippen molar-refractivity contribution in [3.63, 3.8) is 0 Å². The molecule has 0 spiro atoms. The van der Waals surface area contributed by atoms with E-state index in [4.69, 9.17) is 4.74 Å². The molecular weight excluding hydrogens is 384 g/mol. The summed E-state index contributed by atoms with van der Waals surface area (Å²) >= 11 is 0. The molecule has 9 heteroatoms. The number of ether oxygens (including phenoxy) is 1. The van der Waals surface area contributed by atoms with E-state index in [-0.39, 0.29) is 12.5 Å². The minimum absolute atomic E-state index is 0.0935. The summed E-state index contributed by atoms with van der Waals surface area (Å²) in [5, 5.41) is 15.3. The standard InChI is InChI=1S/C21H24N6O3/c1-3-22-18(28)13-30-17-11-7-10-16(12-17)24-21(29)25-19(15-8-5-4-6-9-15)20-23-14(2)26-27-20/h4-12,19H,3,13H2,1-2H3,(H,22,28)(H,23,26,27)(H2,24,25,29). The number of urea groups is 1. The highest BCUT2D eigenvalue weighted by Crippen LogP contribution is 2.20. The summed E-state index contributed by atoms with van der Waals surface area (Å²) in [6.07, 6.45) is 0. The third-order valence-corrected chi connectivity index (χ3v) is 4.12. The van der Waals surface area contributed by atoms with Gasteiger partial charge in [-0.15, -0.1) is 0 Å². The van der Waals surface area contributed by atoms with Crippen molar-refractivity contribution >= 4 is 17.6 Å². The Labute approximate surface area is 174 Å². The molecule has 0 radical (unpaired) electrons. The first-order valence-electron chi connectivity index (χ1n) is 9.56. The molecule has 3 aromatic rings. The van der Waals surface area contributed by atoms with Gasteiger partial charge in [0.25, 0.3) is 5.91 Å². The van der Waals surface area contributed by atoms with E-state index >= 15 is 0 Å². The number of carbonyl (C=O) groups excluding carboxylic acids is 2. The highest BCUT2D eigenvalue weighted by molar-refractivity contribution is 5.90. The largest absolute Gasteiger partial charge is 0.484 e. The van der Waals surface area contributed by atoms with Crippen molar-refractivity contribution in [3.05, 3.63) is 71.8 Å². The number of aryl methyl sites for hydroxylation is 1. The molecule has 0 fully saturated rings. The number of anilines is 1. The van der Waals surface area contributed by atoms with Gasteiger partial charge in [0.2, 0.25) is 0 Å². The molecular formula is C21H24N6O3. The van der Waals surface area contributed by atoms with Crippen LogP contribution in [0.4, 0.5) is 10.5 Å². The van der Waals surface area contributed by atoms with Crippen molar-refractivity contribution in [2.45, 2.75) is 19.9 Å². The minimum Gasteiger partial charge on any atom is -0.484 e. The average molecular weight is 408 g/mol. The van der Waals surface area contributed by atoms with Crippen LogP contribution in [0.2, 0.25) is 0 Å². The summed E-state index contributed by atoms with van der Waals surface area (Å²) in [5.41, 5.74) is 1.38. The summed E-state index contributed by atoms with van der Waals surface area (Å²) in [7, 11) is 0. The van der Waals surface area contributed by atoms with Crippen LogP contribution in [0.1, 0.15) is 30.2 Å². The zero-order chi connectivity index (χ0) is 21.3. The van der Waals surface area contributed by atoms with Crippen molar-refractivity contribution in [2.24, 2.45) is 0 Å². The molecule has 0 saturated heterocycles. The number of likely N-dealkylation sites (N-methyl/N-ethyl adjacent to an activating group) is 1. The molecule has 0 aliphatic heterocycles. The van der Waals surface area contributed by atoms with Crippen LogP contribution in [-0.2, 0) is 4.79 Å². The van der Waals surface area contributed by atoms with E-state index < -0.39 is 12.1 Å². The smallest absolute Gasteiger partial charge is 0.320 e. The van der Waals surface area contributed by atoms with Gasteiger partial charge in [0.1, 0.15) is 17.6 Å². The summed E-state index contributed by atoms with van der Waals surface area (Å²) in [4.78, 5) is 28.5. The van der Waals surface area contributed by atoms with Crippen molar-refractivity contribution in [3.8, 4) is 5.75 Å². The monoisotopic (exact) mass is 408 g/mol. The fraction of sp³-hybridized carbons (Fsp3) is 0.238. The van der Waals surface area contributed by atoms with E-state index in [2.05, 4.69) is 31.1 Å². The average Bonchev–Trinajstić information content (AvgIpc) is 3.17. The molecule has 1 heterocycles. The zero-order valence-electron chi connectivity index (χ0n) is 16.8. The van der Waals surface area contributed by atoms with Gasteiger partial charge < -0.3 is 20.7 Å². The topological polar surface area (TPSA) is 121 Å². The maximum atomic E-state index is 12.6. The number of amides is 3. The van der Waals surface area contributed by atoms with E-state index in [0.717, 1.165) is 5.56 Å². The second-order valence-electron chi connectivity index (χ2n) is 6.49. The number of carbonyl (C=O) groups is 2. The number of aromatic amines is 1. The molecule has 156 valence electrons. The Morgan fingerprint density at radius 2 is 1.93 bits per heavy atom. The lowest BCUT2D eigenvalue weighted by molar-refractivity contribution is -0.122. The molecule has 3 amide bonds. The summed E-state index contributed by atoms with van der Waals surface area (Å²) in [6.45, 7) is 4.08. The number of nitrogens with zero attached hydrogens (tertiary/aromatic N) is 2. The van der Waals surface area contributed by atoms with Gasteiger partial charge in [0.15, 0.2) is 12.4 Å². The number of nitrogens with one attached hydrogen (secondary N) is 4. The molecule has 1 aromatic heterocycles. The van der Waals surface area contributed by atoms with Crippen LogP contribution in [0.15, 0.2) is 54.6 Å². The third kappa shape index (κ3) is 5.81. The molecule has 0 bridgehead atoms. The Morgan fingerprint density at radius 3 is 2.63 bits per heavy atom. The first-order valence-corrected chi connectivity index (χ1v) is 9.56. The molecule has 1 unspecified atom stereocenters. The molecule has 3 rings (SSSR count). The molecule has 0 aliphatic rings. The Kier molecular flexibility index (Phi) is 6.99. The minimum atomic E-state index is -0.520. The molecule has 0 aliphatic carbocycles. The van der Waals surface area contributed by atoms with Gasteiger partial charge in [-0.2, -0.15) is 5.10 Å². The number of rotatable bonds is 8. The van der Waals surface area contributed by atoms with Crippen LogP contribution in [0.25, 0.3) is 0 Å². The van der Waals surface area contributed by atoms with Gasteiger partial charge in [0.05, 0.1) is 0 Å². The lowest BCUT2D eigenvalue weighted by atomic mass is 10.1. The highest BCUT2D eigenvalue weighted by Gasteiger charge is 2.21. The fourth-order valence-corrected chi connectivity index (χ4v) is 2.79. The predicted octanol–water partition coefficient (Wildman–Crippen LogP) is 2.54. The molecule has 2 aromatic carbocycles. The second-order valence-corrected chi connectivity index (χ2v) is 6.49. The normalized spacial score (nSPS) is 11.4. The lowest BCUT2D eigenvalue weighted by Crippen LogP contribution is -2.33. The van der Waals surface area contributed by atoms with Gasteiger partial charge in [-0.1, -0.05) is 36.4 Å². The van der Waals surface area contributed by atoms with Crippen LogP contribution < -0.4 is 20.7 Å². The summed E-state index contributed by atoms with van der Waals surface area (Å²) in [5.74, 6) is 1.39. The number of hydrogen-bond donors (Lipinski definition) is 4. The molecule has 4 N–H and O–H groups in total. The highest BCUT2D eigenvalue weighted by atomic mass is 16.5. The van der Waals surface area contributed by atoms with Crippen LogP contribution in [0.5, 0.6) is 5.75 Å². The van der Waals surface area contributed by atoms with E-state index in [0.29, 0.717) is 29.6 Å². The molecule has 1 atom stereocenters. The summed E-state index contributed by atoms with van der Waals surface area (Å²) < 4.78 is 5.46. The number of hydrogen-bond acceptors (Lipinski definition) is 5. The number of aromatic nitrogens is 3. The molecule has 0 saturated carbocycles. The van der Waals surface area contributed by atoms with Crippen molar-refractivity contribution in [1.29, 1.82) is 0 Å². The maximum Gasteiger partial charge on any atom is 0.320 e. The van der Waals surface area contributed by atoms with E-state index in [9.17, 15) is 9.59 Å². The van der Waals surface area contributed by atoms with Gasteiger partial charge in [0, 0.05) is 18.3 Å². The molecule has 30 heavy (non-hydrogen) atoms. The Morgan fingerprint density at radius 1 is 1.13 bits per heavy atom. The van der Waals surface area contributed by atoms with Crippen molar-refractivity contribution < 1.29 is 14.3 Å². The first kappa shape index (κ1) is 20.8. The van der Waals surface area contributed by atoms with Gasteiger partial charge in [-0.05, 0) is 31.5 Å². The lowest BCUT2D eigenvalue weighted by Gasteiger charge is -2.17. The second kappa shape index (κ2) is 10.1. The SMILES string of the molecule is CCNC(=O)COc1cccc(NC(=O)NC(c2ccccc2)c2n[nH]c(C)n2)c1. The fourth-order valence-electron chi connectivity index (χ4n) is 2.79. The van der Waals surface area contributed by atoms with Gasteiger partial charge >= 0.3 is 6.03 Å².